The molecule has 0 aliphatic carbocycles. The molecule has 0 saturated carbocycles. The summed E-state index contributed by atoms with van der Waals surface area (Å²) in [5.74, 6) is 0.638. The van der Waals surface area contributed by atoms with E-state index < -0.39 is 0 Å². The van der Waals surface area contributed by atoms with Gasteiger partial charge < -0.3 is 19.9 Å². The molecule has 3 amide bonds. The highest BCUT2D eigenvalue weighted by Crippen LogP contribution is 2.26. The van der Waals surface area contributed by atoms with Gasteiger partial charge in [0.1, 0.15) is 5.75 Å². The van der Waals surface area contributed by atoms with E-state index in [1.165, 1.54) is 0 Å². The SMILES string of the molecule is CCCOc1ccccc1NC(=O)C1CCN(C(=O)N(CC)CC)CC1. The van der Waals surface area contributed by atoms with Gasteiger partial charge in [-0.2, -0.15) is 0 Å². The molecule has 0 unspecified atom stereocenters. The van der Waals surface area contributed by atoms with E-state index in [2.05, 4.69) is 12.2 Å². The van der Waals surface area contributed by atoms with Crippen LogP contribution in [0.2, 0.25) is 0 Å². The van der Waals surface area contributed by atoms with Gasteiger partial charge in [0, 0.05) is 32.1 Å². The van der Waals surface area contributed by atoms with Gasteiger partial charge in [-0.05, 0) is 45.2 Å². The molecule has 6 nitrogen and oxygen atoms in total. The summed E-state index contributed by atoms with van der Waals surface area (Å²) in [7, 11) is 0. The monoisotopic (exact) mass is 361 g/mol. The average Bonchev–Trinajstić information content (AvgIpc) is 2.68. The normalized spacial score (nSPS) is 14.8. The van der Waals surface area contributed by atoms with E-state index in [1.807, 2.05) is 47.9 Å². The van der Waals surface area contributed by atoms with Crippen LogP contribution in [0.1, 0.15) is 40.0 Å². The Hall–Kier alpha value is -2.24. The van der Waals surface area contributed by atoms with Crippen molar-refractivity contribution in [2.24, 2.45) is 5.92 Å². The largest absolute Gasteiger partial charge is 0.491 e. The first-order valence-corrected chi connectivity index (χ1v) is 9.67. The molecule has 1 aromatic carbocycles. The van der Waals surface area contributed by atoms with Crippen LogP contribution in [0.5, 0.6) is 5.75 Å². The number of amides is 3. The Bertz CT molecular complexity index is 594. The average molecular weight is 361 g/mol. The van der Waals surface area contributed by atoms with Crippen molar-refractivity contribution in [3.8, 4) is 5.75 Å². The fourth-order valence-electron chi connectivity index (χ4n) is 3.17. The van der Waals surface area contributed by atoms with Crippen LogP contribution < -0.4 is 10.1 Å². The van der Waals surface area contributed by atoms with Gasteiger partial charge >= 0.3 is 6.03 Å². The third kappa shape index (κ3) is 5.13. The molecule has 6 heteroatoms. The lowest BCUT2D eigenvalue weighted by molar-refractivity contribution is -0.121. The van der Waals surface area contributed by atoms with Crippen molar-refractivity contribution in [2.75, 3.05) is 38.1 Å². The summed E-state index contributed by atoms with van der Waals surface area (Å²) in [6.07, 6.45) is 2.30. The molecular formula is C20H31N3O3. The second-order valence-corrected chi connectivity index (χ2v) is 6.55. The Morgan fingerprint density at radius 3 is 2.42 bits per heavy atom. The van der Waals surface area contributed by atoms with E-state index in [-0.39, 0.29) is 17.9 Å². The Morgan fingerprint density at radius 2 is 1.81 bits per heavy atom. The number of piperidine rings is 1. The van der Waals surface area contributed by atoms with Crippen LogP contribution in [0.25, 0.3) is 0 Å². The number of nitrogens with one attached hydrogen (secondary N) is 1. The van der Waals surface area contributed by atoms with Gasteiger partial charge in [0.15, 0.2) is 0 Å². The second kappa shape index (κ2) is 10.0. The Labute approximate surface area is 156 Å². The standard InChI is InChI=1S/C20H31N3O3/c1-4-15-26-18-10-8-7-9-17(18)21-19(24)16-11-13-23(14-12-16)20(25)22(5-2)6-3/h7-10,16H,4-6,11-15H2,1-3H3,(H,21,24). The molecule has 1 fully saturated rings. The number of urea groups is 1. The summed E-state index contributed by atoms with van der Waals surface area (Å²) in [5.41, 5.74) is 0.715. The maximum Gasteiger partial charge on any atom is 0.319 e. The first kappa shape index (κ1) is 20.1. The van der Waals surface area contributed by atoms with Crippen LogP contribution in [0.4, 0.5) is 10.5 Å². The molecule has 1 heterocycles. The van der Waals surface area contributed by atoms with Crippen molar-refractivity contribution in [3.63, 3.8) is 0 Å². The summed E-state index contributed by atoms with van der Waals surface area (Å²) >= 11 is 0. The summed E-state index contributed by atoms with van der Waals surface area (Å²) in [5, 5.41) is 3.00. The summed E-state index contributed by atoms with van der Waals surface area (Å²) in [6.45, 7) is 9.32. The van der Waals surface area contributed by atoms with Crippen LogP contribution in [-0.2, 0) is 4.79 Å². The number of likely N-dealkylation sites (tertiary alicyclic amines) is 1. The second-order valence-electron chi connectivity index (χ2n) is 6.55. The number of para-hydroxylation sites is 2. The molecule has 1 aliphatic rings. The number of carbonyl (C=O) groups is 2. The van der Waals surface area contributed by atoms with E-state index >= 15 is 0 Å². The summed E-state index contributed by atoms with van der Waals surface area (Å²) in [4.78, 5) is 28.7. The van der Waals surface area contributed by atoms with Gasteiger partial charge in [-0.3, -0.25) is 4.79 Å². The number of carbonyl (C=O) groups excluding carboxylic acids is 2. The van der Waals surface area contributed by atoms with Gasteiger partial charge in [-0.1, -0.05) is 19.1 Å². The van der Waals surface area contributed by atoms with Crippen LogP contribution in [0, 0.1) is 5.92 Å². The first-order valence-electron chi connectivity index (χ1n) is 9.67. The number of benzene rings is 1. The van der Waals surface area contributed by atoms with Crippen molar-refractivity contribution in [1.29, 1.82) is 0 Å². The van der Waals surface area contributed by atoms with Gasteiger partial charge in [0.25, 0.3) is 0 Å². The predicted octanol–water partition coefficient (Wildman–Crippen LogP) is 3.59. The molecule has 0 bridgehead atoms. The minimum absolute atomic E-state index is 0.00693. The highest BCUT2D eigenvalue weighted by Gasteiger charge is 2.29. The summed E-state index contributed by atoms with van der Waals surface area (Å²) < 4.78 is 5.70. The zero-order chi connectivity index (χ0) is 18.9. The smallest absolute Gasteiger partial charge is 0.319 e. The molecular weight excluding hydrogens is 330 g/mol. The Kier molecular flexibility index (Phi) is 7.75. The molecule has 0 spiro atoms. The van der Waals surface area contributed by atoms with Crippen molar-refractivity contribution >= 4 is 17.6 Å². The van der Waals surface area contributed by atoms with Crippen LogP contribution >= 0.6 is 0 Å². The molecule has 144 valence electrons. The number of hydrogen-bond donors (Lipinski definition) is 1. The van der Waals surface area contributed by atoms with Gasteiger partial charge in [-0.15, -0.1) is 0 Å². The van der Waals surface area contributed by atoms with Crippen LogP contribution in [-0.4, -0.2) is 54.5 Å². The molecule has 1 aliphatic heterocycles. The molecule has 1 saturated heterocycles. The van der Waals surface area contributed by atoms with Gasteiger partial charge in [0.05, 0.1) is 12.3 Å². The third-order valence-electron chi connectivity index (χ3n) is 4.78. The number of nitrogens with zero attached hydrogens (tertiary/aromatic N) is 2. The number of hydrogen-bond acceptors (Lipinski definition) is 3. The van der Waals surface area contributed by atoms with Crippen LogP contribution in [0.15, 0.2) is 24.3 Å². The minimum atomic E-state index is -0.0741. The van der Waals surface area contributed by atoms with Crippen molar-refractivity contribution < 1.29 is 14.3 Å². The van der Waals surface area contributed by atoms with E-state index in [0.29, 0.717) is 57.1 Å². The minimum Gasteiger partial charge on any atom is -0.491 e. The topological polar surface area (TPSA) is 61.9 Å². The fourth-order valence-corrected chi connectivity index (χ4v) is 3.17. The quantitative estimate of drug-likeness (QED) is 0.807. The van der Waals surface area contributed by atoms with E-state index in [4.69, 9.17) is 4.74 Å². The molecule has 0 radical (unpaired) electrons. The molecule has 1 aromatic rings. The maximum atomic E-state index is 12.6. The number of anilines is 1. The molecule has 0 aromatic heterocycles. The van der Waals surface area contributed by atoms with Crippen molar-refractivity contribution in [3.05, 3.63) is 24.3 Å². The zero-order valence-corrected chi connectivity index (χ0v) is 16.2. The fraction of sp³-hybridized carbons (Fsp3) is 0.600. The van der Waals surface area contributed by atoms with E-state index in [1.54, 1.807) is 0 Å². The maximum absolute atomic E-state index is 12.6. The first-order chi connectivity index (χ1) is 12.6. The third-order valence-corrected chi connectivity index (χ3v) is 4.78. The van der Waals surface area contributed by atoms with E-state index in [9.17, 15) is 9.59 Å². The predicted molar refractivity (Wildman–Crippen MR) is 103 cm³/mol. The lowest BCUT2D eigenvalue weighted by Crippen LogP contribution is -2.47. The molecule has 26 heavy (non-hydrogen) atoms. The van der Waals surface area contributed by atoms with Gasteiger partial charge in [0.2, 0.25) is 5.91 Å². The van der Waals surface area contributed by atoms with Crippen molar-refractivity contribution in [2.45, 2.75) is 40.0 Å². The lowest BCUT2D eigenvalue weighted by Gasteiger charge is -2.34. The summed E-state index contributed by atoms with van der Waals surface area (Å²) in [6, 6.07) is 7.60. The number of rotatable bonds is 7. The molecule has 2 rings (SSSR count). The highest BCUT2D eigenvalue weighted by atomic mass is 16.5. The lowest BCUT2D eigenvalue weighted by atomic mass is 9.96. The Morgan fingerprint density at radius 1 is 1.15 bits per heavy atom. The number of ether oxygens (including phenoxy) is 1. The van der Waals surface area contributed by atoms with E-state index in [0.717, 1.165) is 6.42 Å². The van der Waals surface area contributed by atoms with Gasteiger partial charge in [-0.25, -0.2) is 4.79 Å². The molecule has 1 N–H and O–H groups in total. The highest BCUT2D eigenvalue weighted by molar-refractivity contribution is 5.94. The molecule has 0 atom stereocenters. The zero-order valence-electron chi connectivity index (χ0n) is 16.2. The Balaban J connectivity index is 1.90. The van der Waals surface area contributed by atoms with Crippen molar-refractivity contribution in [1.82, 2.24) is 9.80 Å². The van der Waals surface area contributed by atoms with Crippen LogP contribution in [0.3, 0.4) is 0 Å².